The van der Waals surface area contributed by atoms with Crippen LogP contribution in [-0.4, -0.2) is 30.1 Å². The Labute approximate surface area is 149 Å². The lowest BCUT2D eigenvalue weighted by molar-refractivity contribution is -0.117. The number of esters is 1. The van der Waals surface area contributed by atoms with Gasteiger partial charge in [0.05, 0.1) is 23.6 Å². The van der Waals surface area contributed by atoms with Crippen molar-refractivity contribution in [3.05, 3.63) is 17.7 Å². The van der Waals surface area contributed by atoms with Gasteiger partial charge >= 0.3 is 5.97 Å². The molecule has 1 aromatic rings. The van der Waals surface area contributed by atoms with Crippen molar-refractivity contribution in [2.45, 2.75) is 72.1 Å². The van der Waals surface area contributed by atoms with Gasteiger partial charge in [-0.3, -0.25) is 4.79 Å². The van der Waals surface area contributed by atoms with Crippen molar-refractivity contribution >= 4 is 23.3 Å². The van der Waals surface area contributed by atoms with E-state index in [9.17, 15) is 9.59 Å². The fourth-order valence-corrected chi connectivity index (χ4v) is 2.74. The van der Waals surface area contributed by atoms with Gasteiger partial charge in [-0.05, 0) is 46.2 Å². The first-order chi connectivity index (χ1) is 11.8. The van der Waals surface area contributed by atoms with Crippen molar-refractivity contribution in [1.82, 2.24) is 0 Å². The quantitative estimate of drug-likeness (QED) is 0.729. The fraction of sp³-hybridized carbons (Fsp3) is 0.579. The molecule has 138 valence electrons. The molecule has 1 aliphatic rings. The van der Waals surface area contributed by atoms with E-state index in [2.05, 4.69) is 17.6 Å². The van der Waals surface area contributed by atoms with E-state index in [1.807, 2.05) is 19.9 Å². The number of hydrogen-bond acceptors (Lipinski definition) is 5. The number of amides is 1. The van der Waals surface area contributed by atoms with E-state index < -0.39 is 5.97 Å². The topological polar surface area (TPSA) is 76.7 Å². The van der Waals surface area contributed by atoms with Crippen LogP contribution in [0.1, 0.15) is 64.2 Å². The number of ether oxygens (including phenoxy) is 2. The molecule has 2 rings (SSSR count). The molecule has 1 aromatic carbocycles. The minimum Gasteiger partial charge on any atom is -0.490 e. The first-order valence-corrected chi connectivity index (χ1v) is 8.95. The summed E-state index contributed by atoms with van der Waals surface area (Å²) < 4.78 is 11.1. The van der Waals surface area contributed by atoms with Crippen LogP contribution in [0.15, 0.2) is 12.1 Å². The number of fused-ring (bicyclic) bond motifs is 1. The smallest absolute Gasteiger partial charge is 0.344 e. The Balaban J connectivity index is 2.41. The second-order valence-electron chi connectivity index (χ2n) is 6.81. The zero-order valence-corrected chi connectivity index (χ0v) is 15.6. The Morgan fingerprint density at radius 2 is 1.92 bits per heavy atom. The van der Waals surface area contributed by atoms with Crippen LogP contribution < -0.4 is 15.4 Å². The van der Waals surface area contributed by atoms with Crippen molar-refractivity contribution in [1.29, 1.82) is 0 Å². The third-order valence-electron chi connectivity index (χ3n) is 3.82. The summed E-state index contributed by atoms with van der Waals surface area (Å²) in [4.78, 5) is 25.0. The molecule has 6 nitrogen and oxygen atoms in total. The Bertz CT molecular complexity index is 641. The standard InChI is InChI=1S/C19H28N2O4/c1-6-7-8-14-18(22)21-17-13(20-14)9-10-15(24-11(2)3)16(17)19(23)25-12(4)5/h9-12,14,20H,6-8H2,1-5H3,(H,21,22). The average Bonchev–Trinajstić information content (AvgIpc) is 2.51. The molecule has 1 atom stereocenters. The molecule has 0 fully saturated rings. The second-order valence-corrected chi connectivity index (χ2v) is 6.81. The van der Waals surface area contributed by atoms with Gasteiger partial charge in [0, 0.05) is 0 Å². The van der Waals surface area contributed by atoms with Gasteiger partial charge < -0.3 is 20.1 Å². The minimum atomic E-state index is -0.503. The molecule has 1 aliphatic heterocycles. The van der Waals surface area contributed by atoms with E-state index in [1.165, 1.54) is 0 Å². The molecular formula is C19H28N2O4. The number of anilines is 2. The normalized spacial score (nSPS) is 16.3. The monoisotopic (exact) mass is 348 g/mol. The molecule has 0 aliphatic carbocycles. The third-order valence-corrected chi connectivity index (χ3v) is 3.82. The van der Waals surface area contributed by atoms with Crippen LogP contribution >= 0.6 is 0 Å². The number of carbonyl (C=O) groups excluding carboxylic acids is 2. The van der Waals surface area contributed by atoms with Gasteiger partial charge in [-0.15, -0.1) is 0 Å². The van der Waals surface area contributed by atoms with E-state index in [4.69, 9.17) is 9.47 Å². The highest BCUT2D eigenvalue weighted by Crippen LogP contribution is 2.38. The van der Waals surface area contributed by atoms with Crippen LogP contribution in [0, 0.1) is 0 Å². The summed E-state index contributed by atoms with van der Waals surface area (Å²) in [5, 5.41) is 6.11. The van der Waals surface area contributed by atoms with Crippen LogP contribution in [0.4, 0.5) is 11.4 Å². The maximum Gasteiger partial charge on any atom is 0.344 e. The number of hydrogen-bond donors (Lipinski definition) is 2. The molecule has 1 heterocycles. The first-order valence-electron chi connectivity index (χ1n) is 8.95. The highest BCUT2D eigenvalue weighted by atomic mass is 16.5. The molecular weight excluding hydrogens is 320 g/mol. The summed E-state index contributed by atoms with van der Waals surface area (Å²) in [6, 6.07) is 3.28. The summed E-state index contributed by atoms with van der Waals surface area (Å²) >= 11 is 0. The van der Waals surface area contributed by atoms with Crippen molar-refractivity contribution in [2.75, 3.05) is 10.6 Å². The zero-order chi connectivity index (χ0) is 18.6. The van der Waals surface area contributed by atoms with Gasteiger partial charge in [-0.2, -0.15) is 0 Å². The Morgan fingerprint density at radius 1 is 1.20 bits per heavy atom. The number of carbonyl (C=O) groups is 2. The van der Waals surface area contributed by atoms with Gasteiger partial charge in [0.2, 0.25) is 5.91 Å². The maximum absolute atomic E-state index is 12.6. The predicted octanol–water partition coefficient (Wildman–Crippen LogP) is 3.96. The summed E-state index contributed by atoms with van der Waals surface area (Å²) in [5.41, 5.74) is 1.41. The van der Waals surface area contributed by atoms with Crippen LogP contribution in [-0.2, 0) is 9.53 Å². The van der Waals surface area contributed by atoms with Crippen molar-refractivity contribution in [2.24, 2.45) is 0 Å². The van der Waals surface area contributed by atoms with Crippen molar-refractivity contribution in [3.63, 3.8) is 0 Å². The predicted molar refractivity (Wildman–Crippen MR) is 98.3 cm³/mol. The van der Waals surface area contributed by atoms with Crippen LogP contribution in [0.3, 0.4) is 0 Å². The van der Waals surface area contributed by atoms with Crippen LogP contribution in [0.2, 0.25) is 0 Å². The van der Waals surface area contributed by atoms with Crippen molar-refractivity contribution in [3.8, 4) is 5.75 Å². The minimum absolute atomic E-state index is 0.104. The third kappa shape index (κ3) is 4.65. The Hall–Kier alpha value is -2.24. The first kappa shape index (κ1) is 19.1. The molecule has 0 bridgehead atoms. The van der Waals surface area contributed by atoms with Gasteiger partial charge in [0.15, 0.2) is 0 Å². The van der Waals surface area contributed by atoms with E-state index in [0.29, 0.717) is 17.1 Å². The van der Waals surface area contributed by atoms with Crippen molar-refractivity contribution < 1.29 is 19.1 Å². The van der Waals surface area contributed by atoms with E-state index in [-0.39, 0.29) is 29.7 Å². The summed E-state index contributed by atoms with van der Waals surface area (Å²) in [6.07, 6.45) is 2.36. The average molecular weight is 348 g/mol. The molecule has 1 unspecified atom stereocenters. The molecule has 2 N–H and O–H groups in total. The molecule has 0 saturated carbocycles. The Morgan fingerprint density at radius 3 is 2.52 bits per heavy atom. The molecule has 25 heavy (non-hydrogen) atoms. The van der Waals surface area contributed by atoms with Gasteiger partial charge in [0.1, 0.15) is 17.4 Å². The van der Waals surface area contributed by atoms with Crippen LogP contribution in [0.5, 0.6) is 5.75 Å². The molecule has 0 saturated heterocycles. The fourth-order valence-electron chi connectivity index (χ4n) is 2.74. The van der Waals surface area contributed by atoms with Gasteiger partial charge in [-0.1, -0.05) is 19.8 Å². The maximum atomic E-state index is 12.6. The molecule has 6 heteroatoms. The SMILES string of the molecule is CCCCC1Nc2ccc(OC(C)C)c(C(=O)OC(C)C)c2NC1=O. The van der Waals surface area contributed by atoms with E-state index in [0.717, 1.165) is 19.3 Å². The molecule has 0 aromatic heterocycles. The van der Waals surface area contributed by atoms with E-state index in [1.54, 1.807) is 19.9 Å². The molecule has 0 spiro atoms. The molecule has 1 amide bonds. The van der Waals surface area contributed by atoms with E-state index >= 15 is 0 Å². The number of rotatable bonds is 7. The highest BCUT2D eigenvalue weighted by molar-refractivity contribution is 6.11. The number of benzene rings is 1. The van der Waals surface area contributed by atoms with Gasteiger partial charge in [-0.25, -0.2) is 4.79 Å². The lowest BCUT2D eigenvalue weighted by Crippen LogP contribution is -2.39. The summed E-state index contributed by atoms with van der Waals surface area (Å²) in [5.74, 6) is -0.230. The lowest BCUT2D eigenvalue weighted by Gasteiger charge is -2.29. The molecule has 0 radical (unpaired) electrons. The summed E-state index contributed by atoms with van der Waals surface area (Å²) in [6.45, 7) is 9.43. The number of unbranched alkanes of at least 4 members (excludes halogenated alkanes) is 1. The largest absolute Gasteiger partial charge is 0.490 e. The second kappa shape index (κ2) is 8.23. The van der Waals surface area contributed by atoms with Crippen LogP contribution in [0.25, 0.3) is 0 Å². The Kier molecular flexibility index (Phi) is 6.28. The summed E-state index contributed by atoms with van der Waals surface area (Å²) in [7, 11) is 0. The van der Waals surface area contributed by atoms with Gasteiger partial charge in [0.25, 0.3) is 0 Å². The zero-order valence-electron chi connectivity index (χ0n) is 15.6. The lowest BCUT2D eigenvalue weighted by atomic mass is 10.0. The number of nitrogens with one attached hydrogen (secondary N) is 2. The highest BCUT2D eigenvalue weighted by Gasteiger charge is 2.31.